The van der Waals surface area contributed by atoms with E-state index in [0.717, 1.165) is 27.2 Å². The minimum Gasteiger partial charge on any atom is -0.335 e. The van der Waals surface area contributed by atoms with Crippen molar-refractivity contribution in [1.29, 1.82) is 0 Å². The van der Waals surface area contributed by atoms with Gasteiger partial charge in [0.2, 0.25) is 15.9 Å². The normalized spacial score (nSPS) is 17.3. The van der Waals surface area contributed by atoms with Gasteiger partial charge < -0.3 is 4.90 Å². The lowest BCUT2D eigenvalue weighted by Gasteiger charge is -2.27. The van der Waals surface area contributed by atoms with Crippen LogP contribution < -0.4 is 0 Å². The topological polar surface area (TPSA) is 57.7 Å². The molecule has 0 bridgehead atoms. The van der Waals surface area contributed by atoms with Crippen LogP contribution in [0.1, 0.15) is 35.6 Å². The lowest BCUT2D eigenvalue weighted by Crippen LogP contribution is -2.40. The van der Waals surface area contributed by atoms with Gasteiger partial charge in [-0.1, -0.05) is 34.1 Å². The molecule has 1 unspecified atom stereocenters. The Morgan fingerprint density at radius 2 is 1.82 bits per heavy atom. The number of amides is 1. The Labute approximate surface area is 175 Å². The highest BCUT2D eigenvalue weighted by atomic mass is 79.9. The zero-order valence-corrected chi connectivity index (χ0v) is 18.8. The smallest absolute Gasteiger partial charge is 0.243 e. The van der Waals surface area contributed by atoms with E-state index < -0.39 is 10.0 Å². The van der Waals surface area contributed by atoms with E-state index in [0.29, 0.717) is 6.54 Å². The molecular weight excluding hydrogens is 440 g/mol. The highest BCUT2D eigenvalue weighted by molar-refractivity contribution is 9.10. The molecule has 3 rings (SSSR count). The molecule has 1 fully saturated rings. The minimum atomic E-state index is -3.71. The van der Waals surface area contributed by atoms with E-state index in [-0.39, 0.29) is 23.4 Å². The molecule has 0 spiro atoms. The summed E-state index contributed by atoms with van der Waals surface area (Å²) in [5, 5.41) is 0. The number of aryl methyl sites for hydroxylation is 2. The SMILES string of the molecule is Cc1ccc(C2CCCN2C(=O)CN(C)S(=O)(=O)c2ccc(Br)cc2)cc1C. The van der Waals surface area contributed by atoms with Crippen molar-refractivity contribution in [3.8, 4) is 0 Å². The maximum absolute atomic E-state index is 12.9. The van der Waals surface area contributed by atoms with Crippen molar-refractivity contribution >= 4 is 31.9 Å². The van der Waals surface area contributed by atoms with Crippen LogP contribution in [0, 0.1) is 13.8 Å². The summed E-state index contributed by atoms with van der Waals surface area (Å²) in [5.41, 5.74) is 3.54. The molecule has 1 heterocycles. The summed E-state index contributed by atoms with van der Waals surface area (Å²) in [6.45, 7) is 4.62. The number of halogens is 1. The molecule has 5 nitrogen and oxygen atoms in total. The maximum atomic E-state index is 12.9. The zero-order valence-electron chi connectivity index (χ0n) is 16.4. The Morgan fingerprint density at radius 3 is 2.46 bits per heavy atom. The van der Waals surface area contributed by atoms with E-state index >= 15 is 0 Å². The number of sulfonamides is 1. The van der Waals surface area contributed by atoms with E-state index in [9.17, 15) is 13.2 Å². The van der Waals surface area contributed by atoms with E-state index in [2.05, 4.69) is 48.0 Å². The van der Waals surface area contributed by atoms with Crippen molar-refractivity contribution in [2.75, 3.05) is 20.1 Å². The Hall–Kier alpha value is -1.70. The lowest BCUT2D eigenvalue weighted by molar-refractivity contribution is -0.132. The molecule has 28 heavy (non-hydrogen) atoms. The molecule has 2 aromatic rings. The number of carbonyl (C=O) groups is 1. The first-order valence-electron chi connectivity index (χ1n) is 9.28. The molecule has 1 saturated heterocycles. The molecular formula is C21H25BrN2O3S. The first-order chi connectivity index (χ1) is 13.2. The van der Waals surface area contributed by atoms with Crippen LogP contribution in [0.2, 0.25) is 0 Å². The fourth-order valence-electron chi connectivity index (χ4n) is 3.54. The number of likely N-dealkylation sites (N-methyl/N-ethyl adjacent to an activating group) is 1. The molecule has 0 aromatic heterocycles. The van der Waals surface area contributed by atoms with Crippen molar-refractivity contribution in [2.24, 2.45) is 0 Å². The van der Waals surface area contributed by atoms with E-state index in [1.165, 1.54) is 30.3 Å². The average Bonchev–Trinajstić information content (AvgIpc) is 3.14. The Balaban J connectivity index is 1.75. The number of hydrogen-bond acceptors (Lipinski definition) is 3. The van der Waals surface area contributed by atoms with Crippen LogP contribution in [0.15, 0.2) is 51.8 Å². The second-order valence-electron chi connectivity index (χ2n) is 7.30. The first kappa shape index (κ1) is 21.0. The Bertz CT molecular complexity index is 974. The molecule has 2 aromatic carbocycles. The van der Waals surface area contributed by atoms with Crippen LogP contribution >= 0.6 is 15.9 Å². The number of rotatable bonds is 5. The van der Waals surface area contributed by atoms with E-state index in [4.69, 9.17) is 0 Å². The van der Waals surface area contributed by atoms with E-state index in [1.54, 1.807) is 12.1 Å². The van der Waals surface area contributed by atoms with Crippen LogP contribution in [0.4, 0.5) is 0 Å². The standard InChI is InChI=1S/C21H25BrN2O3S/c1-15-6-7-17(13-16(15)2)20-5-4-12-24(20)21(25)14-23(3)28(26,27)19-10-8-18(22)9-11-19/h6-11,13,20H,4-5,12,14H2,1-3H3. The quantitative estimate of drug-likeness (QED) is 0.670. The summed E-state index contributed by atoms with van der Waals surface area (Å²) in [6.07, 6.45) is 1.82. The van der Waals surface area contributed by atoms with Crippen molar-refractivity contribution in [1.82, 2.24) is 9.21 Å². The summed E-state index contributed by atoms with van der Waals surface area (Å²) in [7, 11) is -2.26. The lowest BCUT2D eigenvalue weighted by atomic mass is 9.99. The van der Waals surface area contributed by atoms with Crippen molar-refractivity contribution in [2.45, 2.75) is 37.6 Å². The summed E-state index contributed by atoms with van der Waals surface area (Å²) in [6, 6.07) is 12.7. The Kier molecular flexibility index (Phi) is 6.27. The van der Waals surface area contributed by atoms with Crippen LogP contribution in [0.25, 0.3) is 0 Å². The number of likely N-dealkylation sites (tertiary alicyclic amines) is 1. The molecule has 1 aliphatic rings. The maximum Gasteiger partial charge on any atom is 0.243 e. The minimum absolute atomic E-state index is 0.00980. The van der Waals surface area contributed by atoms with Gasteiger partial charge in [-0.2, -0.15) is 4.31 Å². The van der Waals surface area contributed by atoms with Gasteiger partial charge >= 0.3 is 0 Å². The summed E-state index contributed by atoms with van der Waals surface area (Å²) in [5.74, 6) is -0.163. The van der Waals surface area contributed by atoms with Gasteiger partial charge in [0.05, 0.1) is 17.5 Å². The van der Waals surface area contributed by atoms with Gasteiger partial charge in [0.15, 0.2) is 0 Å². The molecule has 7 heteroatoms. The molecule has 1 aliphatic heterocycles. The average molecular weight is 465 g/mol. The van der Waals surface area contributed by atoms with Crippen LogP contribution in [-0.2, 0) is 14.8 Å². The van der Waals surface area contributed by atoms with Gasteiger partial charge in [-0.15, -0.1) is 0 Å². The molecule has 1 atom stereocenters. The molecule has 0 radical (unpaired) electrons. The summed E-state index contributed by atoms with van der Waals surface area (Å²) in [4.78, 5) is 14.9. The predicted octanol–water partition coefficient (Wildman–Crippen LogP) is 4.05. The summed E-state index contributed by atoms with van der Waals surface area (Å²) < 4.78 is 27.5. The molecule has 1 amide bonds. The third-order valence-corrected chi connectivity index (χ3v) is 7.71. The first-order valence-corrected chi connectivity index (χ1v) is 11.5. The van der Waals surface area contributed by atoms with Gasteiger partial charge in [-0.25, -0.2) is 8.42 Å². The van der Waals surface area contributed by atoms with Crippen LogP contribution in [0.3, 0.4) is 0 Å². The monoisotopic (exact) mass is 464 g/mol. The van der Waals surface area contributed by atoms with Crippen molar-refractivity contribution in [3.63, 3.8) is 0 Å². The third kappa shape index (κ3) is 4.31. The second kappa shape index (κ2) is 8.35. The van der Waals surface area contributed by atoms with Crippen molar-refractivity contribution in [3.05, 3.63) is 63.6 Å². The molecule has 150 valence electrons. The van der Waals surface area contributed by atoms with Gasteiger partial charge in [0, 0.05) is 18.1 Å². The number of carbonyl (C=O) groups excluding carboxylic acids is 1. The molecule has 0 saturated carbocycles. The number of hydrogen-bond donors (Lipinski definition) is 0. The predicted molar refractivity (Wildman–Crippen MR) is 114 cm³/mol. The zero-order chi connectivity index (χ0) is 20.5. The van der Waals surface area contributed by atoms with Gasteiger partial charge in [0.1, 0.15) is 0 Å². The summed E-state index contributed by atoms with van der Waals surface area (Å²) >= 11 is 3.30. The molecule has 0 aliphatic carbocycles. The largest absolute Gasteiger partial charge is 0.335 e. The van der Waals surface area contributed by atoms with Crippen molar-refractivity contribution < 1.29 is 13.2 Å². The highest BCUT2D eigenvalue weighted by Gasteiger charge is 2.32. The number of nitrogens with zero attached hydrogens (tertiary/aromatic N) is 2. The highest BCUT2D eigenvalue weighted by Crippen LogP contribution is 2.33. The van der Waals surface area contributed by atoms with Gasteiger partial charge in [0.25, 0.3) is 0 Å². The fourth-order valence-corrected chi connectivity index (χ4v) is 4.92. The van der Waals surface area contributed by atoms with Crippen LogP contribution in [-0.4, -0.2) is 43.7 Å². The number of benzene rings is 2. The fraction of sp³-hybridized carbons (Fsp3) is 0.381. The molecule has 0 N–H and O–H groups in total. The van der Waals surface area contributed by atoms with Gasteiger partial charge in [-0.3, -0.25) is 4.79 Å². The van der Waals surface area contributed by atoms with Gasteiger partial charge in [-0.05, 0) is 67.6 Å². The third-order valence-electron chi connectivity index (χ3n) is 5.37. The second-order valence-corrected chi connectivity index (χ2v) is 10.3. The Morgan fingerprint density at radius 1 is 1.14 bits per heavy atom. The van der Waals surface area contributed by atoms with E-state index in [1.807, 2.05) is 4.90 Å². The van der Waals surface area contributed by atoms with Crippen LogP contribution in [0.5, 0.6) is 0 Å².